The van der Waals surface area contributed by atoms with Crippen molar-refractivity contribution >= 4 is 27.6 Å². The van der Waals surface area contributed by atoms with Crippen LogP contribution in [0.25, 0.3) is 0 Å². The summed E-state index contributed by atoms with van der Waals surface area (Å²) < 4.78 is 0.794. The third-order valence-electron chi connectivity index (χ3n) is 3.48. The standard InChI is InChI=1S/C14H18BrNO2/c1-14(2)4-3-11(8-14)16-12-6-9(13(17)18)5-10(15)7-12/h5-7,11,16H,3-4,8H2,1-2H3,(H,17,18). The van der Waals surface area contributed by atoms with Gasteiger partial charge in [-0.25, -0.2) is 4.79 Å². The number of carbonyl (C=O) groups is 1. The molecule has 1 fully saturated rings. The first kappa shape index (κ1) is 13.4. The third kappa shape index (κ3) is 3.25. The molecule has 0 bridgehead atoms. The summed E-state index contributed by atoms with van der Waals surface area (Å²) in [5.41, 5.74) is 1.58. The number of hydrogen-bond donors (Lipinski definition) is 2. The molecule has 0 saturated heterocycles. The molecule has 0 radical (unpaired) electrons. The lowest BCUT2D eigenvalue weighted by Crippen LogP contribution is -2.17. The zero-order chi connectivity index (χ0) is 13.3. The maximum Gasteiger partial charge on any atom is 0.335 e. The third-order valence-corrected chi connectivity index (χ3v) is 3.94. The normalized spacial score (nSPS) is 21.8. The van der Waals surface area contributed by atoms with Crippen molar-refractivity contribution in [1.82, 2.24) is 0 Å². The Bertz CT molecular complexity index is 471. The predicted molar refractivity (Wildman–Crippen MR) is 76.1 cm³/mol. The van der Waals surface area contributed by atoms with Gasteiger partial charge in [-0.15, -0.1) is 0 Å². The number of benzene rings is 1. The van der Waals surface area contributed by atoms with Gasteiger partial charge in [0.2, 0.25) is 0 Å². The SMILES string of the molecule is CC1(C)CCC(Nc2cc(Br)cc(C(=O)O)c2)C1. The average Bonchev–Trinajstić information content (AvgIpc) is 2.57. The maximum atomic E-state index is 11.0. The van der Waals surface area contributed by atoms with Crippen LogP contribution in [0.2, 0.25) is 0 Å². The second-order valence-corrected chi connectivity index (χ2v) is 6.70. The molecule has 0 heterocycles. The summed E-state index contributed by atoms with van der Waals surface area (Å²) in [5, 5.41) is 12.5. The van der Waals surface area contributed by atoms with Crippen molar-refractivity contribution in [3.05, 3.63) is 28.2 Å². The fraction of sp³-hybridized carbons (Fsp3) is 0.500. The van der Waals surface area contributed by atoms with E-state index >= 15 is 0 Å². The van der Waals surface area contributed by atoms with Crippen molar-refractivity contribution in [3.8, 4) is 0 Å². The Labute approximate surface area is 116 Å². The molecule has 1 atom stereocenters. The van der Waals surface area contributed by atoms with E-state index in [0.29, 0.717) is 17.0 Å². The summed E-state index contributed by atoms with van der Waals surface area (Å²) in [4.78, 5) is 11.0. The quantitative estimate of drug-likeness (QED) is 0.882. The smallest absolute Gasteiger partial charge is 0.335 e. The molecule has 1 aliphatic carbocycles. The molecule has 4 heteroatoms. The number of anilines is 1. The first-order chi connectivity index (χ1) is 8.35. The van der Waals surface area contributed by atoms with Gasteiger partial charge in [0.1, 0.15) is 0 Å². The van der Waals surface area contributed by atoms with Gasteiger partial charge >= 0.3 is 5.97 Å². The Morgan fingerprint density at radius 2 is 2.17 bits per heavy atom. The van der Waals surface area contributed by atoms with E-state index in [2.05, 4.69) is 35.1 Å². The zero-order valence-electron chi connectivity index (χ0n) is 10.7. The minimum absolute atomic E-state index is 0.309. The molecule has 0 aromatic heterocycles. The van der Waals surface area contributed by atoms with Gasteiger partial charge in [-0.1, -0.05) is 29.8 Å². The van der Waals surface area contributed by atoms with Crippen LogP contribution in [0.1, 0.15) is 43.5 Å². The van der Waals surface area contributed by atoms with Crippen LogP contribution in [0.3, 0.4) is 0 Å². The predicted octanol–water partition coefficient (Wildman–Crippen LogP) is 4.14. The van der Waals surface area contributed by atoms with E-state index in [1.165, 1.54) is 6.42 Å². The van der Waals surface area contributed by atoms with Crippen LogP contribution in [0.4, 0.5) is 5.69 Å². The molecular formula is C14H18BrNO2. The highest BCUT2D eigenvalue weighted by Gasteiger charge is 2.30. The molecule has 1 unspecified atom stereocenters. The summed E-state index contributed by atoms with van der Waals surface area (Å²) in [6.45, 7) is 4.55. The Hall–Kier alpha value is -1.03. The first-order valence-electron chi connectivity index (χ1n) is 6.16. The molecule has 0 aliphatic heterocycles. The molecule has 1 aromatic rings. The minimum atomic E-state index is -0.897. The molecular weight excluding hydrogens is 294 g/mol. The van der Waals surface area contributed by atoms with Crippen LogP contribution < -0.4 is 5.32 Å². The van der Waals surface area contributed by atoms with Crippen molar-refractivity contribution in [3.63, 3.8) is 0 Å². The van der Waals surface area contributed by atoms with E-state index in [9.17, 15) is 4.79 Å². The molecule has 1 aliphatic rings. The average molecular weight is 312 g/mol. The van der Waals surface area contributed by atoms with Gasteiger partial charge in [-0.2, -0.15) is 0 Å². The van der Waals surface area contributed by atoms with Crippen LogP contribution >= 0.6 is 15.9 Å². The number of nitrogens with one attached hydrogen (secondary N) is 1. The van der Waals surface area contributed by atoms with Crippen molar-refractivity contribution in [2.45, 2.75) is 39.2 Å². The summed E-state index contributed by atoms with van der Waals surface area (Å²) in [5.74, 6) is -0.897. The monoisotopic (exact) mass is 311 g/mol. The Balaban J connectivity index is 2.12. The Morgan fingerprint density at radius 1 is 1.44 bits per heavy atom. The van der Waals surface area contributed by atoms with E-state index in [1.54, 1.807) is 12.1 Å². The van der Waals surface area contributed by atoms with E-state index in [4.69, 9.17) is 5.11 Å². The van der Waals surface area contributed by atoms with Gasteiger partial charge in [0.25, 0.3) is 0 Å². The minimum Gasteiger partial charge on any atom is -0.478 e. The molecule has 3 nitrogen and oxygen atoms in total. The number of rotatable bonds is 3. The number of carboxylic acid groups (broad SMARTS) is 1. The molecule has 0 amide bonds. The molecule has 1 saturated carbocycles. The van der Waals surface area contributed by atoms with E-state index in [0.717, 1.165) is 23.0 Å². The highest BCUT2D eigenvalue weighted by Crippen LogP contribution is 2.38. The van der Waals surface area contributed by atoms with Gasteiger partial charge in [0, 0.05) is 16.2 Å². The van der Waals surface area contributed by atoms with Crippen molar-refractivity contribution in [2.75, 3.05) is 5.32 Å². The zero-order valence-corrected chi connectivity index (χ0v) is 12.3. The van der Waals surface area contributed by atoms with Gasteiger partial charge in [0.15, 0.2) is 0 Å². The number of aromatic carboxylic acids is 1. The number of halogens is 1. The van der Waals surface area contributed by atoms with Gasteiger partial charge in [-0.05, 0) is 42.9 Å². The fourth-order valence-electron chi connectivity index (χ4n) is 2.59. The highest BCUT2D eigenvalue weighted by molar-refractivity contribution is 9.10. The largest absolute Gasteiger partial charge is 0.478 e. The Morgan fingerprint density at radius 3 is 2.72 bits per heavy atom. The maximum absolute atomic E-state index is 11.0. The van der Waals surface area contributed by atoms with Crippen molar-refractivity contribution < 1.29 is 9.90 Å². The number of carboxylic acids is 1. The van der Waals surface area contributed by atoms with Crippen LogP contribution in [0.5, 0.6) is 0 Å². The molecule has 1 aromatic carbocycles. The topological polar surface area (TPSA) is 49.3 Å². The van der Waals surface area contributed by atoms with E-state index in [1.807, 2.05) is 6.07 Å². The molecule has 0 spiro atoms. The van der Waals surface area contributed by atoms with E-state index < -0.39 is 5.97 Å². The second-order valence-electron chi connectivity index (χ2n) is 5.78. The number of hydrogen-bond acceptors (Lipinski definition) is 2. The van der Waals surface area contributed by atoms with Crippen LogP contribution in [-0.2, 0) is 0 Å². The summed E-state index contributed by atoms with van der Waals surface area (Å²) in [6.07, 6.45) is 3.48. The van der Waals surface area contributed by atoms with Crippen LogP contribution in [0, 0.1) is 5.41 Å². The molecule has 18 heavy (non-hydrogen) atoms. The van der Waals surface area contributed by atoms with Crippen molar-refractivity contribution in [1.29, 1.82) is 0 Å². The summed E-state index contributed by atoms with van der Waals surface area (Å²) in [6, 6.07) is 5.68. The lowest BCUT2D eigenvalue weighted by molar-refractivity contribution is 0.0697. The summed E-state index contributed by atoms with van der Waals surface area (Å²) >= 11 is 3.35. The highest BCUT2D eigenvalue weighted by atomic mass is 79.9. The van der Waals surface area contributed by atoms with Crippen LogP contribution in [-0.4, -0.2) is 17.1 Å². The molecule has 2 rings (SSSR count). The fourth-order valence-corrected chi connectivity index (χ4v) is 3.08. The van der Waals surface area contributed by atoms with E-state index in [-0.39, 0.29) is 0 Å². The second kappa shape index (κ2) is 4.92. The van der Waals surface area contributed by atoms with Gasteiger partial charge < -0.3 is 10.4 Å². The Kier molecular flexibility index (Phi) is 3.66. The molecule has 98 valence electrons. The lowest BCUT2D eigenvalue weighted by Gasteiger charge is -2.19. The van der Waals surface area contributed by atoms with Crippen LogP contribution in [0.15, 0.2) is 22.7 Å². The van der Waals surface area contributed by atoms with Gasteiger partial charge in [0.05, 0.1) is 5.56 Å². The lowest BCUT2D eigenvalue weighted by atomic mass is 9.92. The van der Waals surface area contributed by atoms with Gasteiger partial charge in [-0.3, -0.25) is 0 Å². The summed E-state index contributed by atoms with van der Waals surface area (Å²) in [7, 11) is 0. The molecule has 2 N–H and O–H groups in total. The van der Waals surface area contributed by atoms with Crippen molar-refractivity contribution in [2.24, 2.45) is 5.41 Å². The first-order valence-corrected chi connectivity index (χ1v) is 6.95.